The molecule has 0 aliphatic carbocycles. The second kappa shape index (κ2) is 8.80. The molecule has 0 amide bonds. The van der Waals surface area contributed by atoms with E-state index in [4.69, 9.17) is 4.74 Å². The largest absolute Gasteiger partial charge is 0.376 e. The minimum Gasteiger partial charge on any atom is -0.376 e. The highest BCUT2D eigenvalue weighted by atomic mass is 16.5. The van der Waals surface area contributed by atoms with Gasteiger partial charge in [-0.1, -0.05) is 31.5 Å². The Balaban J connectivity index is 1.43. The van der Waals surface area contributed by atoms with Gasteiger partial charge >= 0.3 is 0 Å². The van der Waals surface area contributed by atoms with Gasteiger partial charge in [0.25, 0.3) is 0 Å². The van der Waals surface area contributed by atoms with Crippen molar-refractivity contribution in [1.82, 2.24) is 25.1 Å². The smallest absolute Gasteiger partial charge is 0.168 e. The summed E-state index contributed by atoms with van der Waals surface area (Å²) in [6, 6.07) is 11.0. The minimum atomic E-state index is 0.254. The van der Waals surface area contributed by atoms with Gasteiger partial charge in [-0.05, 0) is 41.8 Å². The van der Waals surface area contributed by atoms with Crippen LogP contribution in [-0.2, 0) is 11.3 Å². The highest BCUT2D eigenvalue weighted by Gasteiger charge is 2.29. The second-order valence-electron chi connectivity index (χ2n) is 7.52. The van der Waals surface area contributed by atoms with Gasteiger partial charge in [0, 0.05) is 38.5 Å². The molecule has 3 heterocycles. The number of piperazine rings is 1. The van der Waals surface area contributed by atoms with Crippen molar-refractivity contribution in [2.24, 2.45) is 0 Å². The summed E-state index contributed by atoms with van der Waals surface area (Å²) in [5.41, 5.74) is 1.31. The lowest BCUT2D eigenvalue weighted by molar-refractivity contribution is 0.0891. The lowest BCUT2D eigenvalue weighted by atomic mass is 10.1. The molecular formula is C20H30N6O. The fourth-order valence-electron chi connectivity index (χ4n) is 4.24. The maximum Gasteiger partial charge on any atom is 0.168 e. The number of rotatable bonds is 7. The fraction of sp³-hybridized carbons (Fsp3) is 0.650. The monoisotopic (exact) mass is 370 g/mol. The van der Waals surface area contributed by atoms with Crippen molar-refractivity contribution in [1.29, 1.82) is 0 Å². The van der Waals surface area contributed by atoms with E-state index in [-0.39, 0.29) is 12.1 Å². The van der Waals surface area contributed by atoms with E-state index in [1.807, 2.05) is 4.68 Å². The van der Waals surface area contributed by atoms with Gasteiger partial charge in [0.2, 0.25) is 0 Å². The molecule has 2 aliphatic rings. The van der Waals surface area contributed by atoms with Gasteiger partial charge in [-0.2, -0.15) is 0 Å². The predicted octanol–water partition coefficient (Wildman–Crippen LogP) is 2.52. The topological polar surface area (TPSA) is 59.3 Å². The Morgan fingerprint density at radius 2 is 1.96 bits per heavy atom. The molecular weight excluding hydrogens is 340 g/mol. The van der Waals surface area contributed by atoms with Gasteiger partial charge < -0.3 is 9.64 Å². The van der Waals surface area contributed by atoms with Crippen LogP contribution in [0.25, 0.3) is 0 Å². The van der Waals surface area contributed by atoms with E-state index in [2.05, 4.69) is 62.6 Å². The molecule has 146 valence electrons. The van der Waals surface area contributed by atoms with Crippen LogP contribution in [0.2, 0.25) is 0 Å². The third-order valence-corrected chi connectivity index (χ3v) is 5.70. The van der Waals surface area contributed by atoms with E-state index in [1.165, 1.54) is 5.69 Å². The molecule has 27 heavy (non-hydrogen) atoms. The number of hydrogen-bond acceptors (Lipinski definition) is 6. The van der Waals surface area contributed by atoms with Crippen LogP contribution < -0.4 is 4.90 Å². The number of para-hydroxylation sites is 1. The van der Waals surface area contributed by atoms with Crippen molar-refractivity contribution < 1.29 is 4.74 Å². The van der Waals surface area contributed by atoms with Gasteiger partial charge in [0.1, 0.15) is 0 Å². The van der Waals surface area contributed by atoms with Crippen LogP contribution >= 0.6 is 0 Å². The highest BCUT2D eigenvalue weighted by Crippen LogP contribution is 2.27. The molecule has 1 aromatic heterocycles. The Hall–Kier alpha value is -1.99. The van der Waals surface area contributed by atoms with Crippen molar-refractivity contribution in [3.63, 3.8) is 0 Å². The van der Waals surface area contributed by atoms with E-state index in [0.29, 0.717) is 0 Å². The standard InChI is InChI=1S/C20H30N6O/c1-2-7-19(20-21-22-23-26(20)16-18-10-6-15-27-18)25-13-11-24(12-14-25)17-8-4-3-5-9-17/h3-5,8-9,18-19H,2,6-7,10-16H2,1H3/t18-,19-/m0/s1. The van der Waals surface area contributed by atoms with Crippen molar-refractivity contribution in [2.45, 2.75) is 51.3 Å². The molecule has 0 spiro atoms. The van der Waals surface area contributed by atoms with E-state index in [1.54, 1.807) is 0 Å². The Bertz CT molecular complexity index is 692. The van der Waals surface area contributed by atoms with Gasteiger partial charge in [0.15, 0.2) is 5.82 Å². The van der Waals surface area contributed by atoms with Gasteiger partial charge in [0.05, 0.1) is 18.7 Å². The summed E-state index contributed by atoms with van der Waals surface area (Å²) in [6.07, 6.45) is 4.70. The molecule has 1 aromatic carbocycles. The fourth-order valence-corrected chi connectivity index (χ4v) is 4.24. The van der Waals surface area contributed by atoms with Crippen molar-refractivity contribution in [3.05, 3.63) is 36.2 Å². The summed E-state index contributed by atoms with van der Waals surface area (Å²) in [6.45, 7) is 8.02. The predicted molar refractivity (Wildman–Crippen MR) is 105 cm³/mol. The number of nitrogens with zero attached hydrogens (tertiary/aromatic N) is 6. The molecule has 0 unspecified atom stereocenters. The quantitative estimate of drug-likeness (QED) is 0.746. The van der Waals surface area contributed by atoms with Crippen LogP contribution in [0.15, 0.2) is 30.3 Å². The molecule has 2 fully saturated rings. The van der Waals surface area contributed by atoms with E-state index >= 15 is 0 Å². The summed E-state index contributed by atoms with van der Waals surface area (Å²) >= 11 is 0. The minimum absolute atomic E-state index is 0.254. The van der Waals surface area contributed by atoms with Crippen LogP contribution in [0.4, 0.5) is 5.69 Å². The van der Waals surface area contributed by atoms with Crippen molar-refractivity contribution in [2.75, 3.05) is 37.7 Å². The van der Waals surface area contributed by atoms with Gasteiger partial charge in [-0.3, -0.25) is 4.90 Å². The first-order valence-electron chi connectivity index (χ1n) is 10.3. The third kappa shape index (κ3) is 4.30. The normalized spacial score (nSPS) is 22.3. The first-order chi connectivity index (χ1) is 13.3. The maximum atomic E-state index is 5.79. The van der Waals surface area contributed by atoms with Gasteiger partial charge in [-0.25, -0.2) is 4.68 Å². The lowest BCUT2D eigenvalue weighted by Gasteiger charge is -2.39. The summed E-state index contributed by atoms with van der Waals surface area (Å²) in [5.74, 6) is 1.00. The summed E-state index contributed by atoms with van der Waals surface area (Å²) in [7, 11) is 0. The van der Waals surface area contributed by atoms with E-state index in [0.717, 1.165) is 70.8 Å². The Morgan fingerprint density at radius 1 is 1.15 bits per heavy atom. The summed E-state index contributed by atoms with van der Waals surface area (Å²) in [5, 5.41) is 12.7. The zero-order valence-electron chi connectivity index (χ0n) is 16.2. The second-order valence-corrected chi connectivity index (χ2v) is 7.52. The molecule has 0 radical (unpaired) electrons. The van der Waals surface area contributed by atoms with Gasteiger partial charge in [-0.15, -0.1) is 5.10 Å². The molecule has 0 saturated carbocycles. The average Bonchev–Trinajstić information content (AvgIpc) is 3.40. The number of hydrogen-bond donors (Lipinski definition) is 0. The van der Waals surface area contributed by atoms with Crippen LogP contribution in [-0.4, -0.2) is 64.0 Å². The molecule has 7 heteroatoms. The maximum absolute atomic E-state index is 5.79. The van der Waals surface area contributed by atoms with Crippen LogP contribution in [0, 0.1) is 0 Å². The number of anilines is 1. The molecule has 0 N–H and O–H groups in total. The number of ether oxygens (including phenoxy) is 1. The number of aromatic nitrogens is 4. The first-order valence-corrected chi connectivity index (χ1v) is 10.3. The molecule has 2 aliphatic heterocycles. The molecule has 2 aromatic rings. The Labute approximate surface area is 161 Å². The summed E-state index contributed by atoms with van der Waals surface area (Å²) < 4.78 is 7.78. The van der Waals surface area contributed by atoms with E-state index < -0.39 is 0 Å². The Morgan fingerprint density at radius 3 is 2.67 bits per heavy atom. The molecule has 4 rings (SSSR count). The zero-order chi connectivity index (χ0) is 18.5. The average molecular weight is 371 g/mol. The van der Waals surface area contributed by atoms with Crippen LogP contribution in [0.5, 0.6) is 0 Å². The Kier molecular flexibility index (Phi) is 5.99. The molecule has 2 saturated heterocycles. The highest BCUT2D eigenvalue weighted by molar-refractivity contribution is 5.46. The molecule has 0 bridgehead atoms. The zero-order valence-corrected chi connectivity index (χ0v) is 16.2. The van der Waals surface area contributed by atoms with Crippen molar-refractivity contribution >= 4 is 5.69 Å². The number of benzene rings is 1. The molecule has 2 atom stereocenters. The first kappa shape index (κ1) is 18.4. The van der Waals surface area contributed by atoms with Crippen molar-refractivity contribution in [3.8, 4) is 0 Å². The number of tetrazole rings is 1. The third-order valence-electron chi connectivity index (χ3n) is 5.70. The summed E-state index contributed by atoms with van der Waals surface area (Å²) in [4.78, 5) is 5.02. The lowest BCUT2D eigenvalue weighted by Crippen LogP contribution is -2.48. The van der Waals surface area contributed by atoms with Crippen LogP contribution in [0.1, 0.15) is 44.5 Å². The van der Waals surface area contributed by atoms with E-state index in [9.17, 15) is 0 Å². The molecule has 7 nitrogen and oxygen atoms in total. The SMILES string of the molecule is CCC[C@@H](c1nnnn1C[C@@H]1CCCO1)N1CCN(c2ccccc2)CC1. The van der Waals surface area contributed by atoms with Crippen LogP contribution in [0.3, 0.4) is 0 Å².